The maximum atomic E-state index is 12.6. The van der Waals surface area contributed by atoms with Crippen molar-refractivity contribution in [3.05, 3.63) is 29.3 Å². The number of alkyl halides is 3. The molecule has 0 aromatic heterocycles. The first-order chi connectivity index (χ1) is 9.12. The Balaban J connectivity index is 2.97. The van der Waals surface area contributed by atoms with Crippen LogP contribution in [-0.2, 0) is 6.18 Å². The Bertz CT molecular complexity index is 487. The molecule has 1 atom stereocenters. The molecule has 0 bridgehead atoms. The number of nitrogens with two attached hydrogens (primary N) is 1. The predicted molar refractivity (Wildman–Crippen MR) is 69.1 cm³/mol. The number of amides is 1. The Labute approximate surface area is 115 Å². The molecule has 0 saturated heterocycles. The minimum Gasteiger partial charge on any atom is -0.398 e. The smallest absolute Gasteiger partial charge is 0.398 e. The van der Waals surface area contributed by atoms with Crippen LogP contribution in [0, 0.1) is 0 Å². The molecule has 1 aromatic carbocycles. The standard InChI is InChI=1S/C13H17F3N2O2/c1-8(19)5-6-18(2)12(20)10-7-9(13(14,15)16)3-4-11(10)17/h3-4,7-8,19H,5-6,17H2,1-2H3. The van der Waals surface area contributed by atoms with E-state index in [-0.39, 0.29) is 17.8 Å². The molecule has 3 N–H and O–H groups in total. The van der Waals surface area contributed by atoms with Crippen molar-refractivity contribution in [3.63, 3.8) is 0 Å². The van der Waals surface area contributed by atoms with Crippen molar-refractivity contribution in [2.24, 2.45) is 0 Å². The zero-order chi connectivity index (χ0) is 15.5. The van der Waals surface area contributed by atoms with Gasteiger partial charge in [-0.3, -0.25) is 4.79 Å². The Morgan fingerprint density at radius 1 is 1.45 bits per heavy atom. The second-order valence-electron chi connectivity index (χ2n) is 4.66. The SMILES string of the molecule is CC(O)CCN(C)C(=O)c1cc(C(F)(F)F)ccc1N. The molecule has 1 rings (SSSR count). The first kappa shape index (κ1) is 16.3. The monoisotopic (exact) mass is 290 g/mol. The van der Waals surface area contributed by atoms with E-state index in [1.54, 1.807) is 6.92 Å². The van der Waals surface area contributed by atoms with Gasteiger partial charge in [-0.05, 0) is 31.5 Å². The average Bonchev–Trinajstić information content (AvgIpc) is 2.34. The van der Waals surface area contributed by atoms with Crippen molar-refractivity contribution < 1.29 is 23.1 Å². The van der Waals surface area contributed by atoms with Crippen LogP contribution in [-0.4, -0.2) is 35.6 Å². The summed E-state index contributed by atoms with van der Waals surface area (Å²) in [4.78, 5) is 13.3. The highest BCUT2D eigenvalue weighted by atomic mass is 19.4. The van der Waals surface area contributed by atoms with E-state index < -0.39 is 23.8 Å². The summed E-state index contributed by atoms with van der Waals surface area (Å²) in [6, 6.07) is 2.65. The normalized spacial score (nSPS) is 13.1. The maximum Gasteiger partial charge on any atom is 0.416 e. The van der Waals surface area contributed by atoms with Gasteiger partial charge in [-0.2, -0.15) is 13.2 Å². The predicted octanol–water partition coefficient (Wildman–Crippen LogP) is 2.13. The van der Waals surface area contributed by atoms with E-state index in [2.05, 4.69) is 0 Å². The summed E-state index contributed by atoms with van der Waals surface area (Å²) in [6.07, 6.45) is -4.79. The van der Waals surface area contributed by atoms with Crippen molar-refractivity contribution in [3.8, 4) is 0 Å². The van der Waals surface area contributed by atoms with Crippen LogP contribution in [0.25, 0.3) is 0 Å². The van der Waals surface area contributed by atoms with Gasteiger partial charge in [-0.1, -0.05) is 0 Å². The van der Waals surface area contributed by atoms with Crippen LogP contribution in [0.3, 0.4) is 0 Å². The van der Waals surface area contributed by atoms with Crippen LogP contribution in [0.4, 0.5) is 18.9 Å². The number of carbonyl (C=O) groups is 1. The third kappa shape index (κ3) is 4.12. The van der Waals surface area contributed by atoms with Gasteiger partial charge in [0.25, 0.3) is 5.91 Å². The molecule has 1 amide bonds. The molecular weight excluding hydrogens is 273 g/mol. The third-order valence-corrected chi connectivity index (χ3v) is 2.84. The van der Waals surface area contributed by atoms with E-state index in [1.165, 1.54) is 11.9 Å². The van der Waals surface area contributed by atoms with E-state index in [0.29, 0.717) is 6.42 Å². The van der Waals surface area contributed by atoms with Gasteiger partial charge < -0.3 is 15.7 Å². The lowest BCUT2D eigenvalue weighted by Gasteiger charge is -2.19. The maximum absolute atomic E-state index is 12.6. The van der Waals surface area contributed by atoms with Gasteiger partial charge in [0.05, 0.1) is 17.2 Å². The molecule has 0 radical (unpaired) electrons. The van der Waals surface area contributed by atoms with Gasteiger partial charge in [0.2, 0.25) is 0 Å². The molecule has 112 valence electrons. The average molecular weight is 290 g/mol. The zero-order valence-electron chi connectivity index (χ0n) is 11.2. The van der Waals surface area contributed by atoms with Gasteiger partial charge >= 0.3 is 6.18 Å². The third-order valence-electron chi connectivity index (χ3n) is 2.84. The molecule has 0 aliphatic rings. The summed E-state index contributed by atoms with van der Waals surface area (Å²) >= 11 is 0. The molecule has 0 fully saturated rings. The van der Waals surface area contributed by atoms with Crippen LogP contribution in [0.5, 0.6) is 0 Å². The quantitative estimate of drug-likeness (QED) is 0.835. The molecule has 1 unspecified atom stereocenters. The zero-order valence-corrected chi connectivity index (χ0v) is 11.2. The number of anilines is 1. The van der Waals surface area contributed by atoms with E-state index in [9.17, 15) is 18.0 Å². The topological polar surface area (TPSA) is 66.6 Å². The molecule has 1 aromatic rings. The molecule has 20 heavy (non-hydrogen) atoms. The van der Waals surface area contributed by atoms with Crippen molar-refractivity contribution in [2.45, 2.75) is 25.6 Å². The second kappa shape index (κ2) is 6.13. The number of carbonyl (C=O) groups excluding carboxylic acids is 1. The van der Waals surface area contributed by atoms with Crippen LogP contribution >= 0.6 is 0 Å². The molecule has 0 aliphatic carbocycles. The lowest BCUT2D eigenvalue weighted by Crippen LogP contribution is -2.30. The van der Waals surface area contributed by atoms with Crippen LogP contribution in [0.2, 0.25) is 0 Å². The van der Waals surface area contributed by atoms with Gasteiger partial charge in [0.15, 0.2) is 0 Å². The highest BCUT2D eigenvalue weighted by Crippen LogP contribution is 2.31. The lowest BCUT2D eigenvalue weighted by atomic mass is 10.1. The van der Waals surface area contributed by atoms with Gasteiger partial charge in [0.1, 0.15) is 0 Å². The van der Waals surface area contributed by atoms with Crippen molar-refractivity contribution in [2.75, 3.05) is 19.3 Å². The number of nitrogen functional groups attached to an aromatic ring is 1. The highest BCUT2D eigenvalue weighted by Gasteiger charge is 2.31. The van der Waals surface area contributed by atoms with E-state index in [1.807, 2.05) is 0 Å². The largest absolute Gasteiger partial charge is 0.416 e. The molecular formula is C13H17F3N2O2. The van der Waals surface area contributed by atoms with Crippen molar-refractivity contribution in [1.82, 2.24) is 4.90 Å². The second-order valence-corrected chi connectivity index (χ2v) is 4.66. The Morgan fingerprint density at radius 2 is 2.05 bits per heavy atom. The summed E-state index contributed by atoms with van der Waals surface area (Å²) in [5.74, 6) is -0.603. The Morgan fingerprint density at radius 3 is 2.55 bits per heavy atom. The van der Waals surface area contributed by atoms with E-state index in [0.717, 1.165) is 18.2 Å². The fourth-order valence-corrected chi connectivity index (χ4v) is 1.61. The minimum atomic E-state index is -4.53. The summed E-state index contributed by atoms with van der Waals surface area (Å²) in [5.41, 5.74) is 4.45. The number of hydrogen-bond acceptors (Lipinski definition) is 3. The van der Waals surface area contributed by atoms with Crippen LogP contribution < -0.4 is 5.73 Å². The molecule has 0 heterocycles. The Hall–Kier alpha value is -1.76. The number of benzene rings is 1. The van der Waals surface area contributed by atoms with Gasteiger partial charge in [0, 0.05) is 19.3 Å². The summed E-state index contributed by atoms with van der Waals surface area (Å²) in [6.45, 7) is 1.79. The van der Waals surface area contributed by atoms with Crippen LogP contribution in [0.15, 0.2) is 18.2 Å². The molecule has 0 spiro atoms. The fraction of sp³-hybridized carbons (Fsp3) is 0.462. The Kier molecular flexibility index (Phi) is 4.99. The molecule has 4 nitrogen and oxygen atoms in total. The van der Waals surface area contributed by atoms with Crippen molar-refractivity contribution >= 4 is 11.6 Å². The fourth-order valence-electron chi connectivity index (χ4n) is 1.61. The lowest BCUT2D eigenvalue weighted by molar-refractivity contribution is -0.137. The molecule has 0 saturated carbocycles. The number of rotatable bonds is 4. The summed E-state index contributed by atoms with van der Waals surface area (Å²) < 4.78 is 37.9. The number of aliphatic hydroxyl groups excluding tert-OH is 1. The molecule has 0 aliphatic heterocycles. The van der Waals surface area contributed by atoms with E-state index in [4.69, 9.17) is 10.8 Å². The van der Waals surface area contributed by atoms with Crippen molar-refractivity contribution in [1.29, 1.82) is 0 Å². The number of hydrogen-bond donors (Lipinski definition) is 2. The summed E-state index contributed by atoms with van der Waals surface area (Å²) in [5, 5.41) is 9.15. The number of halogens is 3. The van der Waals surface area contributed by atoms with Crippen LogP contribution in [0.1, 0.15) is 29.3 Å². The number of nitrogens with zero attached hydrogens (tertiary/aromatic N) is 1. The first-order valence-corrected chi connectivity index (χ1v) is 6.03. The molecule has 7 heteroatoms. The highest BCUT2D eigenvalue weighted by molar-refractivity contribution is 5.99. The minimum absolute atomic E-state index is 0.00750. The summed E-state index contributed by atoms with van der Waals surface area (Å²) in [7, 11) is 1.45. The first-order valence-electron chi connectivity index (χ1n) is 6.03. The van der Waals surface area contributed by atoms with Gasteiger partial charge in [-0.25, -0.2) is 0 Å². The van der Waals surface area contributed by atoms with E-state index >= 15 is 0 Å². The van der Waals surface area contributed by atoms with Gasteiger partial charge in [-0.15, -0.1) is 0 Å². The number of aliphatic hydroxyl groups is 1.